The van der Waals surface area contributed by atoms with E-state index >= 15 is 0 Å². The van der Waals surface area contributed by atoms with Crippen LogP contribution in [0.1, 0.15) is 39.2 Å². The van der Waals surface area contributed by atoms with Crippen LogP contribution < -0.4 is 14.4 Å². The summed E-state index contributed by atoms with van der Waals surface area (Å²) >= 11 is 6.00. The molecule has 3 aromatic carbocycles. The van der Waals surface area contributed by atoms with Crippen molar-refractivity contribution in [2.45, 2.75) is 51.1 Å². The molecule has 0 bridgehead atoms. The van der Waals surface area contributed by atoms with Gasteiger partial charge >= 0.3 is 0 Å². The first-order chi connectivity index (χ1) is 19.2. The fourth-order valence-electron chi connectivity index (χ4n) is 4.20. The molecule has 10 heteroatoms. The van der Waals surface area contributed by atoms with Crippen molar-refractivity contribution < 1.29 is 22.7 Å². The molecule has 0 fully saturated rings. The molecule has 0 spiro atoms. The first-order valence-corrected chi connectivity index (χ1v) is 15.1. The number of nitrogens with zero attached hydrogens (tertiary/aromatic N) is 2. The highest BCUT2D eigenvalue weighted by molar-refractivity contribution is 7.92. The highest BCUT2D eigenvalue weighted by Crippen LogP contribution is 2.27. The van der Waals surface area contributed by atoms with E-state index in [9.17, 15) is 18.0 Å². The number of rotatable bonds is 14. The Morgan fingerprint density at radius 1 is 0.925 bits per heavy atom. The minimum Gasteiger partial charge on any atom is -0.494 e. The Balaban J connectivity index is 2.04. The molecule has 1 N–H and O–H groups in total. The van der Waals surface area contributed by atoms with Crippen LogP contribution in [0.3, 0.4) is 0 Å². The van der Waals surface area contributed by atoms with E-state index in [4.69, 9.17) is 16.3 Å². The standard InChI is InChI=1S/C30H36ClN3O5S/c1-4-20-32-30(36)28(5-2)33(21-23-10-8-7-9-11-23)29(35)22-34(25-14-16-26(17-15-25)39-6-3)40(37,38)27-18-12-24(31)13-19-27/h7-19,28H,4-6,20-22H2,1-3H3,(H,32,36)/t28-/m0/s1. The Labute approximate surface area is 241 Å². The lowest BCUT2D eigenvalue weighted by molar-refractivity contribution is -0.140. The van der Waals surface area contributed by atoms with E-state index in [2.05, 4.69) is 5.32 Å². The van der Waals surface area contributed by atoms with Crippen molar-refractivity contribution in [3.8, 4) is 5.75 Å². The molecule has 1 atom stereocenters. The topological polar surface area (TPSA) is 96.0 Å². The zero-order chi connectivity index (χ0) is 29.1. The largest absolute Gasteiger partial charge is 0.494 e. The summed E-state index contributed by atoms with van der Waals surface area (Å²) < 4.78 is 34.3. The van der Waals surface area contributed by atoms with Gasteiger partial charge in [0.25, 0.3) is 10.0 Å². The summed E-state index contributed by atoms with van der Waals surface area (Å²) in [6.07, 6.45) is 1.11. The summed E-state index contributed by atoms with van der Waals surface area (Å²) in [6, 6.07) is 20.8. The first kappa shape index (κ1) is 31.0. The smallest absolute Gasteiger partial charge is 0.264 e. The lowest BCUT2D eigenvalue weighted by Crippen LogP contribution is -2.52. The normalized spacial score (nSPS) is 11.9. The van der Waals surface area contributed by atoms with Crippen LogP contribution in [-0.2, 0) is 26.2 Å². The molecule has 0 aliphatic heterocycles. The van der Waals surface area contributed by atoms with E-state index < -0.39 is 28.5 Å². The average molecular weight is 586 g/mol. The van der Waals surface area contributed by atoms with Gasteiger partial charge in [0.2, 0.25) is 11.8 Å². The van der Waals surface area contributed by atoms with Gasteiger partial charge in [0.15, 0.2) is 0 Å². The van der Waals surface area contributed by atoms with Crippen molar-refractivity contribution in [2.24, 2.45) is 0 Å². The van der Waals surface area contributed by atoms with Gasteiger partial charge in [-0.3, -0.25) is 13.9 Å². The lowest BCUT2D eigenvalue weighted by atomic mass is 10.1. The second-order valence-electron chi connectivity index (χ2n) is 9.11. The zero-order valence-electron chi connectivity index (χ0n) is 23.0. The summed E-state index contributed by atoms with van der Waals surface area (Å²) in [5, 5.41) is 3.27. The van der Waals surface area contributed by atoms with Gasteiger partial charge in [0, 0.05) is 18.1 Å². The third-order valence-corrected chi connectivity index (χ3v) is 8.29. The Kier molecular flexibility index (Phi) is 11.4. The number of halogens is 1. The molecule has 2 amide bonds. The fourth-order valence-corrected chi connectivity index (χ4v) is 5.74. The number of nitrogens with one attached hydrogen (secondary N) is 1. The maximum atomic E-state index is 14.0. The van der Waals surface area contributed by atoms with Gasteiger partial charge in [-0.2, -0.15) is 0 Å². The van der Waals surface area contributed by atoms with Crippen molar-refractivity contribution in [1.82, 2.24) is 10.2 Å². The van der Waals surface area contributed by atoms with Crippen LogP contribution in [0.25, 0.3) is 0 Å². The molecular formula is C30H36ClN3O5S. The Bertz CT molecular complexity index is 1350. The van der Waals surface area contributed by atoms with Gasteiger partial charge in [0.1, 0.15) is 18.3 Å². The van der Waals surface area contributed by atoms with Crippen molar-refractivity contribution in [2.75, 3.05) is 24.0 Å². The van der Waals surface area contributed by atoms with E-state index in [0.717, 1.165) is 16.3 Å². The van der Waals surface area contributed by atoms with Crippen LogP contribution in [0.4, 0.5) is 5.69 Å². The van der Waals surface area contributed by atoms with Crippen LogP contribution in [-0.4, -0.2) is 50.9 Å². The molecule has 214 valence electrons. The zero-order valence-corrected chi connectivity index (χ0v) is 24.6. The monoisotopic (exact) mass is 585 g/mol. The third kappa shape index (κ3) is 7.99. The van der Waals surface area contributed by atoms with Crippen LogP contribution >= 0.6 is 11.6 Å². The molecule has 0 aromatic heterocycles. The minimum absolute atomic E-state index is 0.0130. The predicted octanol–water partition coefficient (Wildman–Crippen LogP) is 5.27. The molecule has 0 saturated heterocycles. The summed E-state index contributed by atoms with van der Waals surface area (Å²) in [4.78, 5) is 28.6. The van der Waals surface area contributed by atoms with Crippen molar-refractivity contribution in [3.63, 3.8) is 0 Å². The number of carbonyl (C=O) groups excluding carboxylic acids is 2. The quantitative estimate of drug-likeness (QED) is 0.278. The highest BCUT2D eigenvalue weighted by Gasteiger charge is 2.33. The number of carbonyl (C=O) groups is 2. The molecule has 0 unspecified atom stereocenters. The SMILES string of the molecule is CCCNC(=O)[C@H](CC)N(Cc1ccccc1)C(=O)CN(c1ccc(OCC)cc1)S(=O)(=O)c1ccc(Cl)cc1. The minimum atomic E-state index is -4.18. The Morgan fingerprint density at radius 3 is 2.15 bits per heavy atom. The fraction of sp³-hybridized carbons (Fsp3) is 0.333. The summed E-state index contributed by atoms with van der Waals surface area (Å²) in [5.41, 5.74) is 1.11. The van der Waals surface area contributed by atoms with E-state index in [1.54, 1.807) is 24.3 Å². The maximum Gasteiger partial charge on any atom is 0.264 e. The van der Waals surface area contributed by atoms with Gasteiger partial charge in [-0.1, -0.05) is 55.8 Å². The van der Waals surface area contributed by atoms with Crippen molar-refractivity contribution >= 4 is 39.1 Å². The van der Waals surface area contributed by atoms with E-state index in [1.165, 1.54) is 29.2 Å². The maximum absolute atomic E-state index is 14.0. The molecule has 3 aromatic rings. The Hall–Kier alpha value is -3.56. The summed E-state index contributed by atoms with van der Waals surface area (Å²) in [7, 11) is -4.18. The number of ether oxygens (including phenoxy) is 1. The molecule has 40 heavy (non-hydrogen) atoms. The number of benzene rings is 3. The van der Waals surface area contributed by atoms with Crippen LogP contribution in [0, 0.1) is 0 Å². The molecule has 0 radical (unpaired) electrons. The van der Waals surface area contributed by atoms with Crippen molar-refractivity contribution in [3.05, 3.63) is 89.4 Å². The summed E-state index contributed by atoms with van der Waals surface area (Å²) in [5.74, 6) is -0.207. The lowest BCUT2D eigenvalue weighted by Gasteiger charge is -2.33. The van der Waals surface area contributed by atoms with Gasteiger partial charge in [-0.25, -0.2) is 8.42 Å². The van der Waals surface area contributed by atoms with Gasteiger partial charge in [0.05, 0.1) is 17.2 Å². The molecule has 0 saturated carbocycles. The molecule has 0 aliphatic rings. The first-order valence-electron chi connectivity index (χ1n) is 13.3. The van der Waals surface area contributed by atoms with Crippen LogP contribution in [0.2, 0.25) is 5.02 Å². The molecule has 0 aliphatic carbocycles. The molecule has 3 rings (SSSR count). The predicted molar refractivity (Wildman–Crippen MR) is 158 cm³/mol. The highest BCUT2D eigenvalue weighted by atomic mass is 35.5. The van der Waals surface area contributed by atoms with Crippen LogP contribution in [0.15, 0.2) is 83.8 Å². The second kappa shape index (κ2) is 14.7. The van der Waals surface area contributed by atoms with Crippen LogP contribution in [0.5, 0.6) is 5.75 Å². The van der Waals surface area contributed by atoms with Gasteiger partial charge in [-0.15, -0.1) is 0 Å². The number of sulfonamides is 1. The van der Waals surface area contributed by atoms with Crippen molar-refractivity contribution in [1.29, 1.82) is 0 Å². The van der Waals surface area contributed by atoms with Gasteiger partial charge in [-0.05, 0) is 73.9 Å². The molecule has 0 heterocycles. The number of hydrogen-bond acceptors (Lipinski definition) is 5. The molecular weight excluding hydrogens is 550 g/mol. The number of hydrogen-bond donors (Lipinski definition) is 1. The van der Waals surface area contributed by atoms with E-state index in [1.807, 2.05) is 51.1 Å². The second-order valence-corrected chi connectivity index (χ2v) is 11.4. The van der Waals surface area contributed by atoms with E-state index in [-0.39, 0.29) is 23.0 Å². The number of anilines is 1. The third-order valence-electron chi connectivity index (χ3n) is 6.25. The average Bonchev–Trinajstić information content (AvgIpc) is 2.96. The number of amides is 2. The summed E-state index contributed by atoms with van der Waals surface area (Å²) in [6.45, 7) is 6.20. The molecule has 8 nitrogen and oxygen atoms in total. The van der Waals surface area contributed by atoms with E-state index in [0.29, 0.717) is 30.3 Å². The van der Waals surface area contributed by atoms with Gasteiger partial charge < -0.3 is 15.0 Å². The Morgan fingerprint density at radius 2 is 1.57 bits per heavy atom.